The minimum Gasteiger partial charge on any atom is -0.349 e. The predicted octanol–water partition coefficient (Wildman–Crippen LogP) is 3.13. The summed E-state index contributed by atoms with van der Waals surface area (Å²) >= 11 is 0. The van der Waals surface area contributed by atoms with E-state index in [-0.39, 0.29) is 17.9 Å². The van der Waals surface area contributed by atoms with Crippen LogP contribution in [0.5, 0.6) is 0 Å². The number of anilines is 1. The molecule has 1 aromatic carbocycles. The molecule has 4 nitrogen and oxygen atoms in total. The molecule has 4 atom stereocenters. The Balaban J connectivity index is 1.44. The van der Waals surface area contributed by atoms with Gasteiger partial charge in [-0.15, -0.1) is 0 Å². The second kappa shape index (κ2) is 5.66. The van der Waals surface area contributed by atoms with Gasteiger partial charge in [0, 0.05) is 23.7 Å². The summed E-state index contributed by atoms with van der Waals surface area (Å²) in [7, 11) is 0. The summed E-state index contributed by atoms with van der Waals surface area (Å²) in [6.45, 7) is 2.15. The normalized spacial score (nSPS) is 29.8. The number of aryl methyl sites for hydroxylation is 1. The van der Waals surface area contributed by atoms with Crippen LogP contribution in [0.3, 0.4) is 0 Å². The van der Waals surface area contributed by atoms with Crippen LogP contribution >= 0.6 is 0 Å². The van der Waals surface area contributed by atoms with Gasteiger partial charge in [0.15, 0.2) is 0 Å². The molecular formula is C19H24N2O2. The molecule has 0 unspecified atom stereocenters. The topological polar surface area (TPSA) is 58.2 Å². The highest BCUT2D eigenvalue weighted by Gasteiger charge is 2.42. The first kappa shape index (κ1) is 14.7. The Kier molecular flexibility index (Phi) is 3.63. The van der Waals surface area contributed by atoms with E-state index in [9.17, 15) is 9.59 Å². The monoisotopic (exact) mass is 312 g/mol. The lowest BCUT2D eigenvalue weighted by Crippen LogP contribution is -2.40. The molecule has 0 spiro atoms. The molecule has 122 valence electrons. The molecule has 1 aliphatic heterocycles. The summed E-state index contributed by atoms with van der Waals surface area (Å²) < 4.78 is 0. The first-order valence-corrected chi connectivity index (χ1v) is 8.84. The molecule has 1 aromatic rings. The van der Waals surface area contributed by atoms with Gasteiger partial charge in [0.2, 0.25) is 5.91 Å². The Morgan fingerprint density at radius 1 is 1.26 bits per heavy atom. The second-order valence-electron chi connectivity index (χ2n) is 7.52. The first-order valence-electron chi connectivity index (χ1n) is 8.84. The Morgan fingerprint density at radius 2 is 2.13 bits per heavy atom. The van der Waals surface area contributed by atoms with Crippen LogP contribution < -0.4 is 10.6 Å². The molecule has 2 bridgehead atoms. The van der Waals surface area contributed by atoms with E-state index in [1.54, 1.807) is 0 Å². The zero-order chi connectivity index (χ0) is 16.0. The molecule has 2 saturated carbocycles. The quantitative estimate of drug-likeness (QED) is 0.901. The number of benzene rings is 1. The van der Waals surface area contributed by atoms with Crippen LogP contribution in [-0.2, 0) is 11.2 Å². The Bertz CT molecular complexity index is 655. The largest absolute Gasteiger partial charge is 0.349 e. The van der Waals surface area contributed by atoms with Gasteiger partial charge in [-0.05, 0) is 74.1 Å². The van der Waals surface area contributed by atoms with E-state index in [1.165, 1.54) is 25.7 Å². The number of amides is 2. The lowest BCUT2D eigenvalue weighted by atomic mass is 9.84. The third-order valence-corrected chi connectivity index (χ3v) is 6.06. The van der Waals surface area contributed by atoms with Crippen molar-refractivity contribution in [2.75, 3.05) is 5.32 Å². The van der Waals surface area contributed by atoms with E-state index in [0.717, 1.165) is 23.1 Å². The molecule has 4 heteroatoms. The van der Waals surface area contributed by atoms with E-state index >= 15 is 0 Å². The summed E-state index contributed by atoms with van der Waals surface area (Å²) in [6, 6.07) is 5.84. The van der Waals surface area contributed by atoms with Crippen LogP contribution in [-0.4, -0.2) is 17.9 Å². The van der Waals surface area contributed by atoms with Gasteiger partial charge in [-0.3, -0.25) is 9.59 Å². The minimum absolute atomic E-state index is 0.0139. The lowest BCUT2D eigenvalue weighted by molar-refractivity contribution is -0.116. The fourth-order valence-corrected chi connectivity index (χ4v) is 4.83. The van der Waals surface area contributed by atoms with Crippen LogP contribution in [0.1, 0.15) is 54.9 Å². The van der Waals surface area contributed by atoms with E-state index in [4.69, 9.17) is 0 Å². The van der Waals surface area contributed by atoms with E-state index in [1.807, 2.05) is 18.2 Å². The standard InChI is InChI=1S/C19H24N2O2/c1-11(16-9-12-2-3-13(16)8-12)20-19(23)15-4-6-17-14(10-15)5-7-18(22)21-17/h4,6,10-13,16H,2-3,5,7-9H2,1H3,(H,20,23)(H,21,22)/t11-,12-,13-,16-/m0/s1. The van der Waals surface area contributed by atoms with Crippen LogP contribution in [0.25, 0.3) is 0 Å². The molecule has 0 radical (unpaired) electrons. The molecule has 0 aromatic heterocycles. The SMILES string of the molecule is C[C@H](NC(=O)c1ccc2c(c1)CCC(=O)N2)[C@@H]1C[C@H]2CC[C@H]1C2. The Hall–Kier alpha value is -1.84. The van der Waals surface area contributed by atoms with Crippen molar-refractivity contribution in [3.8, 4) is 0 Å². The van der Waals surface area contributed by atoms with Gasteiger partial charge in [-0.2, -0.15) is 0 Å². The van der Waals surface area contributed by atoms with Crippen molar-refractivity contribution in [1.29, 1.82) is 0 Å². The van der Waals surface area contributed by atoms with E-state index in [0.29, 0.717) is 24.3 Å². The highest BCUT2D eigenvalue weighted by molar-refractivity contribution is 5.98. The van der Waals surface area contributed by atoms with Crippen molar-refractivity contribution in [2.24, 2.45) is 17.8 Å². The molecule has 0 saturated heterocycles. The number of carbonyl (C=O) groups excluding carboxylic acids is 2. The highest BCUT2D eigenvalue weighted by Crippen LogP contribution is 2.49. The van der Waals surface area contributed by atoms with Gasteiger partial charge in [0.05, 0.1) is 0 Å². The summed E-state index contributed by atoms with van der Waals surface area (Å²) in [4.78, 5) is 24.0. The van der Waals surface area contributed by atoms with Gasteiger partial charge >= 0.3 is 0 Å². The molecule has 2 aliphatic carbocycles. The van der Waals surface area contributed by atoms with Gasteiger partial charge in [0.25, 0.3) is 5.91 Å². The van der Waals surface area contributed by atoms with Crippen LogP contribution in [0.4, 0.5) is 5.69 Å². The summed E-state index contributed by atoms with van der Waals surface area (Å²) in [5.74, 6) is 2.43. The maximum atomic E-state index is 12.6. The third-order valence-electron chi connectivity index (χ3n) is 6.06. The van der Waals surface area contributed by atoms with Gasteiger partial charge < -0.3 is 10.6 Å². The second-order valence-corrected chi connectivity index (χ2v) is 7.52. The van der Waals surface area contributed by atoms with Crippen molar-refractivity contribution in [1.82, 2.24) is 5.32 Å². The van der Waals surface area contributed by atoms with Gasteiger partial charge in [0.1, 0.15) is 0 Å². The van der Waals surface area contributed by atoms with Crippen LogP contribution in [0.15, 0.2) is 18.2 Å². The number of hydrogen-bond donors (Lipinski definition) is 2. The first-order chi connectivity index (χ1) is 11.1. The molecule has 2 fully saturated rings. The van der Waals surface area contributed by atoms with Gasteiger partial charge in [-0.1, -0.05) is 6.42 Å². The third kappa shape index (κ3) is 2.75. The molecule has 2 N–H and O–H groups in total. The van der Waals surface area contributed by atoms with E-state index in [2.05, 4.69) is 17.6 Å². The summed E-state index contributed by atoms with van der Waals surface area (Å²) in [6.07, 6.45) is 6.59. The maximum Gasteiger partial charge on any atom is 0.251 e. The molecule has 4 rings (SSSR count). The van der Waals surface area contributed by atoms with Crippen LogP contribution in [0, 0.1) is 17.8 Å². The fourth-order valence-electron chi connectivity index (χ4n) is 4.83. The van der Waals surface area contributed by atoms with Crippen molar-refractivity contribution >= 4 is 17.5 Å². The molecular weight excluding hydrogens is 288 g/mol. The Labute approximate surface area is 137 Å². The molecule has 23 heavy (non-hydrogen) atoms. The predicted molar refractivity (Wildman–Crippen MR) is 89.3 cm³/mol. The number of nitrogens with one attached hydrogen (secondary N) is 2. The zero-order valence-corrected chi connectivity index (χ0v) is 13.6. The van der Waals surface area contributed by atoms with Crippen molar-refractivity contribution in [3.05, 3.63) is 29.3 Å². The maximum absolute atomic E-state index is 12.6. The minimum atomic E-state index is 0.0139. The number of hydrogen-bond acceptors (Lipinski definition) is 2. The smallest absolute Gasteiger partial charge is 0.251 e. The Morgan fingerprint density at radius 3 is 2.87 bits per heavy atom. The average molecular weight is 312 g/mol. The van der Waals surface area contributed by atoms with Crippen molar-refractivity contribution in [2.45, 2.75) is 51.5 Å². The number of rotatable bonds is 3. The summed E-state index contributed by atoms with van der Waals surface area (Å²) in [5, 5.41) is 6.07. The zero-order valence-electron chi connectivity index (χ0n) is 13.6. The molecule has 3 aliphatic rings. The summed E-state index contributed by atoms with van der Waals surface area (Å²) in [5.41, 5.74) is 2.61. The van der Waals surface area contributed by atoms with Crippen LogP contribution in [0.2, 0.25) is 0 Å². The van der Waals surface area contributed by atoms with Gasteiger partial charge in [-0.25, -0.2) is 0 Å². The fraction of sp³-hybridized carbons (Fsp3) is 0.579. The molecule has 2 amide bonds. The highest BCUT2D eigenvalue weighted by atomic mass is 16.2. The molecule has 1 heterocycles. The lowest BCUT2D eigenvalue weighted by Gasteiger charge is -2.28. The number of carbonyl (C=O) groups is 2. The number of fused-ring (bicyclic) bond motifs is 3. The van der Waals surface area contributed by atoms with Crippen molar-refractivity contribution in [3.63, 3.8) is 0 Å². The van der Waals surface area contributed by atoms with Crippen molar-refractivity contribution < 1.29 is 9.59 Å². The van der Waals surface area contributed by atoms with E-state index < -0.39 is 0 Å². The average Bonchev–Trinajstić information content (AvgIpc) is 3.17.